The molecule has 5 aromatic rings. The Balaban J connectivity index is 1.52. The average molecular weight is 475 g/mol. The van der Waals surface area contributed by atoms with Crippen LogP contribution in [0.2, 0.25) is 5.02 Å². The van der Waals surface area contributed by atoms with Crippen molar-refractivity contribution in [1.82, 2.24) is 19.6 Å². The molecule has 6 nitrogen and oxygen atoms in total. The minimum absolute atomic E-state index is 0.105. The fraction of sp³-hybridized carbons (Fsp3) is 0.0476. The van der Waals surface area contributed by atoms with E-state index in [4.69, 9.17) is 16.0 Å². The van der Waals surface area contributed by atoms with Gasteiger partial charge in [-0.25, -0.2) is 0 Å². The Kier molecular flexibility index (Phi) is 4.83. The standard InChI is InChI=1S/C21H10ClF3N4O2S/c22-15-3-1-12(21(23,24)25)9-14(15)16-4-2-13(31-16)10-17-19(30)29-20(32-17)27-18(28-29)11-5-7-26-8-6-11/h1-10H. The van der Waals surface area contributed by atoms with Gasteiger partial charge in [0.1, 0.15) is 16.1 Å². The molecule has 0 aliphatic rings. The molecule has 0 radical (unpaired) electrons. The van der Waals surface area contributed by atoms with Crippen molar-refractivity contribution in [3.63, 3.8) is 0 Å². The summed E-state index contributed by atoms with van der Waals surface area (Å²) >= 11 is 7.19. The highest BCUT2D eigenvalue weighted by atomic mass is 35.5. The van der Waals surface area contributed by atoms with E-state index in [0.29, 0.717) is 15.3 Å². The van der Waals surface area contributed by atoms with E-state index in [1.54, 1.807) is 30.6 Å². The summed E-state index contributed by atoms with van der Waals surface area (Å²) in [6.07, 6.45) is 0.187. The van der Waals surface area contributed by atoms with Crippen LogP contribution in [0, 0.1) is 0 Å². The third kappa shape index (κ3) is 3.67. The van der Waals surface area contributed by atoms with Crippen LogP contribution in [0.1, 0.15) is 11.3 Å². The molecule has 32 heavy (non-hydrogen) atoms. The summed E-state index contributed by atoms with van der Waals surface area (Å²) in [5.41, 5.74) is -0.383. The monoisotopic (exact) mass is 474 g/mol. The van der Waals surface area contributed by atoms with Gasteiger partial charge in [0, 0.05) is 29.6 Å². The van der Waals surface area contributed by atoms with E-state index < -0.39 is 11.7 Å². The number of pyridine rings is 1. The maximum Gasteiger partial charge on any atom is 0.416 e. The van der Waals surface area contributed by atoms with Gasteiger partial charge in [0.15, 0.2) is 5.82 Å². The van der Waals surface area contributed by atoms with E-state index in [9.17, 15) is 18.0 Å². The van der Waals surface area contributed by atoms with Crippen LogP contribution < -0.4 is 10.1 Å². The van der Waals surface area contributed by atoms with Gasteiger partial charge in [-0.2, -0.15) is 22.7 Å². The summed E-state index contributed by atoms with van der Waals surface area (Å²) in [5, 5.41) is 4.36. The molecule has 0 bridgehead atoms. The Bertz CT molecular complexity index is 1560. The number of hydrogen-bond acceptors (Lipinski definition) is 6. The van der Waals surface area contributed by atoms with Crippen molar-refractivity contribution in [3.05, 3.63) is 86.1 Å². The fourth-order valence-electron chi connectivity index (χ4n) is 3.05. The lowest BCUT2D eigenvalue weighted by molar-refractivity contribution is -0.137. The Hall–Kier alpha value is -3.50. The molecular formula is C21H10ClF3N4O2S. The summed E-state index contributed by atoms with van der Waals surface area (Å²) in [5.74, 6) is 0.838. The van der Waals surface area contributed by atoms with Crippen molar-refractivity contribution < 1.29 is 17.6 Å². The zero-order valence-corrected chi connectivity index (χ0v) is 17.4. The topological polar surface area (TPSA) is 73.3 Å². The van der Waals surface area contributed by atoms with E-state index >= 15 is 0 Å². The van der Waals surface area contributed by atoms with Crippen LogP contribution in [0.5, 0.6) is 0 Å². The molecule has 0 N–H and O–H groups in total. The molecular weight excluding hydrogens is 465 g/mol. The Labute approximate surface area is 186 Å². The number of aromatic nitrogens is 4. The molecule has 0 unspecified atom stereocenters. The predicted molar refractivity (Wildman–Crippen MR) is 113 cm³/mol. The molecule has 0 spiro atoms. The summed E-state index contributed by atoms with van der Waals surface area (Å²) < 4.78 is 46.2. The smallest absolute Gasteiger partial charge is 0.416 e. The first kappa shape index (κ1) is 20.4. The molecule has 1 aromatic carbocycles. The first-order chi connectivity index (χ1) is 15.3. The van der Waals surface area contributed by atoms with E-state index in [2.05, 4.69) is 15.1 Å². The van der Waals surface area contributed by atoms with Crippen molar-refractivity contribution in [2.24, 2.45) is 0 Å². The second kappa shape index (κ2) is 7.57. The first-order valence-corrected chi connectivity index (χ1v) is 10.3. The molecule has 11 heteroatoms. The molecule has 0 fully saturated rings. The van der Waals surface area contributed by atoms with Gasteiger partial charge < -0.3 is 4.42 Å². The van der Waals surface area contributed by atoms with Crippen molar-refractivity contribution in [2.45, 2.75) is 6.18 Å². The van der Waals surface area contributed by atoms with Crippen LogP contribution in [0.3, 0.4) is 0 Å². The second-order valence-corrected chi connectivity index (χ2v) is 8.09. The van der Waals surface area contributed by atoms with E-state index in [1.165, 1.54) is 22.7 Å². The molecule has 0 atom stereocenters. The molecule has 4 heterocycles. The summed E-state index contributed by atoms with van der Waals surface area (Å²) in [6.45, 7) is 0. The number of furan rings is 1. The highest BCUT2D eigenvalue weighted by Crippen LogP contribution is 2.36. The predicted octanol–water partition coefficient (Wildman–Crippen LogP) is 4.69. The Morgan fingerprint density at radius 3 is 2.59 bits per heavy atom. The minimum atomic E-state index is -4.51. The quantitative estimate of drug-likeness (QED) is 0.379. The lowest BCUT2D eigenvalue weighted by Gasteiger charge is -2.09. The first-order valence-electron chi connectivity index (χ1n) is 9.08. The SMILES string of the molecule is O=c1c(=Cc2ccc(-c3cc(C(F)(F)F)ccc3Cl)o2)sc2nc(-c3ccncc3)nn12. The van der Waals surface area contributed by atoms with Gasteiger partial charge in [0.25, 0.3) is 5.56 Å². The van der Waals surface area contributed by atoms with E-state index in [-0.39, 0.29) is 27.7 Å². The van der Waals surface area contributed by atoms with Gasteiger partial charge in [-0.3, -0.25) is 9.78 Å². The third-order valence-electron chi connectivity index (χ3n) is 4.58. The summed E-state index contributed by atoms with van der Waals surface area (Å²) in [6, 6.07) is 9.51. The van der Waals surface area contributed by atoms with Gasteiger partial charge in [-0.15, -0.1) is 5.10 Å². The lowest BCUT2D eigenvalue weighted by Crippen LogP contribution is -2.23. The third-order valence-corrected chi connectivity index (χ3v) is 5.87. The van der Waals surface area contributed by atoms with Crippen LogP contribution >= 0.6 is 22.9 Å². The van der Waals surface area contributed by atoms with Crippen molar-refractivity contribution in [1.29, 1.82) is 0 Å². The molecule has 160 valence electrons. The number of benzene rings is 1. The molecule has 0 amide bonds. The maximum atomic E-state index is 13.0. The van der Waals surface area contributed by atoms with Gasteiger partial charge in [0.2, 0.25) is 4.96 Å². The van der Waals surface area contributed by atoms with Crippen LogP contribution in [0.4, 0.5) is 13.2 Å². The van der Waals surface area contributed by atoms with Crippen LogP contribution in [0.25, 0.3) is 33.7 Å². The van der Waals surface area contributed by atoms with E-state index in [0.717, 1.165) is 29.0 Å². The fourth-order valence-corrected chi connectivity index (χ4v) is 4.15. The van der Waals surface area contributed by atoms with Crippen molar-refractivity contribution in [2.75, 3.05) is 0 Å². The molecule has 5 rings (SSSR count). The number of thiazole rings is 1. The molecule has 4 aromatic heterocycles. The highest BCUT2D eigenvalue weighted by Gasteiger charge is 2.31. The number of hydrogen-bond donors (Lipinski definition) is 0. The van der Waals surface area contributed by atoms with Gasteiger partial charge >= 0.3 is 6.18 Å². The molecule has 0 saturated heterocycles. The largest absolute Gasteiger partial charge is 0.457 e. The van der Waals surface area contributed by atoms with Gasteiger partial charge in [-0.1, -0.05) is 22.9 Å². The van der Waals surface area contributed by atoms with Gasteiger partial charge in [-0.05, 0) is 42.5 Å². The number of fused-ring (bicyclic) bond motifs is 1. The zero-order chi connectivity index (χ0) is 22.5. The summed E-state index contributed by atoms with van der Waals surface area (Å²) in [7, 11) is 0. The number of alkyl halides is 3. The average Bonchev–Trinajstić information content (AvgIpc) is 3.46. The second-order valence-electron chi connectivity index (χ2n) is 6.68. The van der Waals surface area contributed by atoms with Crippen molar-refractivity contribution in [3.8, 4) is 22.7 Å². The number of nitrogens with zero attached hydrogens (tertiary/aromatic N) is 4. The van der Waals surface area contributed by atoms with Crippen LogP contribution in [0.15, 0.2) is 64.1 Å². The molecule has 0 saturated carbocycles. The van der Waals surface area contributed by atoms with E-state index in [1.807, 2.05) is 0 Å². The summed E-state index contributed by atoms with van der Waals surface area (Å²) in [4.78, 5) is 21.4. The minimum Gasteiger partial charge on any atom is -0.457 e. The normalized spacial score (nSPS) is 12.7. The Morgan fingerprint density at radius 2 is 1.88 bits per heavy atom. The van der Waals surface area contributed by atoms with Gasteiger partial charge in [0.05, 0.1) is 10.6 Å². The number of rotatable bonds is 3. The van der Waals surface area contributed by atoms with Crippen LogP contribution in [-0.4, -0.2) is 19.6 Å². The maximum absolute atomic E-state index is 13.0. The number of halogens is 4. The molecule has 0 aliphatic heterocycles. The molecule has 0 aliphatic carbocycles. The highest BCUT2D eigenvalue weighted by molar-refractivity contribution is 7.15. The lowest BCUT2D eigenvalue weighted by atomic mass is 10.1. The Morgan fingerprint density at radius 1 is 1.09 bits per heavy atom. The van der Waals surface area contributed by atoms with Crippen LogP contribution in [-0.2, 0) is 6.18 Å². The van der Waals surface area contributed by atoms with Crippen molar-refractivity contribution >= 4 is 34.0 Å². The zero-order valence-electron chi connectivity index (χ0n) is 15.8.